The van der Waals surface area contributed by atoms with Crippen molar-refractivity contribution < 1.29 is 13.9 Å². The van der Waals surface area contributed by atoms with Gasteiger partial charge in [-0.05, 0) is 18.6 Å². The number of hydrogen-bond donors (Lipinski definition) is 0. The van der Waals surface area contributed by atoms with E-state index in [1.165, 1.54) is 6.26 Å². The molecule has 2 aromatic heterocycles. The molecule has 4 heterocycles. The second kappa shape index (κ2) is 7.05. The molecule has 0 aliphatic carbocycles. The first-order chi connectivity index (χ1) is 12.7. The first-order valence-electron chi connectivity index (χ1n) is 8.83. The fourth-order valence-corrected chi connectivity index (χ4v) is 3.52. The van der Waals surface area contributed by atoms with E-state index in [0.717, 1.165) is 37.6 Å². The van der Waals surface area contributed by atoms with Crippen LogP contribution in [0.2, 0.25) is 0 Å². The number of anilines is 2. The molecular formula is C18H23N5O3. The van der Waals surface area contributed by atoms with Gasteiger partial charge < -0.3 is 19.0 Å². The minimum absolute atomic E-state index is 0.154. The minimum Gasteiger partial charge on any atom is -0.447 e. The van der Waals surface area contributed by atoms with E-state index in [1.807, 2.05) is 24.1 Å². The summed E-state index contributed by atoms with van der Waals surface area (Å²) in [6.07, 6.45) is 4.46. The monoisotopic (exact) mass is 357 g/mol. The summed E-state index contributed by atoms with van der Waals surface area (Å²) in [5.74, 6) is 1.21. The SMILES string of the molecule is COC1CCN(Cc2nc(C(=O)N3CCN(C)c4ncccc43)co2)C1. The lowest BCUT2D eigenvalue weighted by atomic mass is 10.2. The molecule has 1 amide bonds. The lowest BCUT2D eigenvalue weighted by Gasteiger charge is -2.34. The summed E-state index contributed by atoms with van der Waals surface area (Å²) in [5, 5.41) is 0. The van der Waals surface area contributed by atoms with Gasteiger partial charge in [-0.15, -0.1) is 0 Å². The van der Waals surface area contributed by atoms with Gasteiger partial charge in [-0.2, -0.15) is 0 Å². The van der Waals surface area contributed by atoms with Gasteiger partial charge in [-0.3, -0.25) is 9.69 Å². The number of carbonyl (C=O) groups excluding carboxylic acids is 1. The normalized spacial score (nSPS) is 20.5. The summed E-state index contributed by atoms with van der Waals surface area (Å²) in [4.78, 5) is 27.7. The Morgan fingerprint density at radius 1 is 1.38 bits per heavy atom. The van der Waals surface area contributed by atoms with Crippen molar-refractivity contribution >= 4 is 17.4 Å². The third kappa shape index (κ3) is 3.17. The van der Waals surface area contributed by atoms with Gasteiger partial charge in [-0.1, -0.05) is 0 Å². The Labute approximate surface area is 152 Å². The Hall–Kier alpha value is -2.45. The van der Waals surface area contributed by atoms with Crippen LogP contribution in [-0.4, -0.2) is 67.2 Å². The Kier molecular flexibility index (Phi) is 4.60. The van der Waals surface area contributed by atoms with E-state index in [9.17, 15) is 4.79 Å². The number of aromatic nitrogens is 2. The van der Waals surface area contributed by atoms with Gasteiger partial charge in [0.15, 0.2) is 11.5 Å². The summed E-state index contributed by atoms with van der Waals surface area (Å²) in [7, 11) is 3.71. The Balaban J connectivity index is 1.48. The molecule has 2 aliphatic rings. The number of ether oxygens (including phenoxy) is 1. The molecule has 8 heteroatoms. The van der Waals surface area contributed by atoms with Gasteiger partial charge in [0.05, 0.1) is 18.3 Å². The minimum atomic E-state index is -0.154. The zero-order valence-corrected chi connectivity index (χ0v) is 15.1. The quantitative estimate of drug-likeness (QED) is 0.818. The highest BCUT2D eigenvalue weighted by Gasteiger charge is 2.29. The van der Waals surface area contributed by atoms with Crippen LogP contribution in [0, 0.1) is 0 Å². The molecule has 0 bridgehead atoms. The summed E-state index contributed by atoms with van der Waals surface area (Å²) in [6, 6.07) is 3.75. The lowest BCUT2D eigenvalue weighted by Crippen LogP contribution is -2.43. The predicted molar refractivity (Wildman–Crippen MR) is 96.4 cm³/mol. The van der Waals surface area contributed by atoms with E-state index in [4.69, 9.17) is 9.15 Å². The maximum Gasteiger partial charge on any atom is 0.280 e. The molecule has 0 radical (unpaired) electrons. The average Bonchev–Trinajstić information content (AvgIpc) is 3.31. The molecule has 0 N–H and O–H groups in total. The van der Waals surface area contributed by atoms with Crippen LogP contribution in [0.3, 0.4) is 0 Å². The van der Waals surface area contributed by atoms with E-state index >= 15 is 0 Å². The van der Waals surface area contributed by atoms with Crippen LogP contribution < -0.4 is 9.80 Å². The van der Waals surface area contributed by atoms with E-state index < -0.39 is 0 Å². The van der Waals surface area contributed by atoms with Crippen LogP contribution in [0.5, 0.6) is 0 Å². The second-order valence-corrected chi connectivity index (χ2v) is 6.73. The van der Waals surface area contributed by atoms with Crippen molar-refractivity contribution in [2.45, 2.75) is 19.1 Å². The van der Waals surface area contributed by atoms with Crippen LogP contribution in [-0.2, 0) is 11.3 Å². The first-order valence-corrected chi connectivity index (χ1v) is 8.83. The standard InChI is InChI=1S/C18H23N5O3/c1-21-8-9-23(15-4-3-6-19-17(15)21)18(24)14-12-26-16(20-14)11-22-7-5-13(10-22)25-2/h3-4,6,12-13H,5,7-11H2,1-2H3. The van der Waals surface area contributed by atoms with Crippen molar-refractivity contribution in [3.05, 3.63) is 36.2 Å². The van der Waals surface area contributed by atoms with E-state index in [1.54, 1.807) is 18.2 Å². The number of hydrogen-bond acceptors (Lipinski definition) is 7. The summed E-state index contributed by atoms with van der Waals surface area (Å²) < 4.78 is 10.9. The molecule has 1 unspecified atom stereocenters. The molecule has 2 aliphatic heterocycles. The van der Waals surface area contributed by atoms with Crippen molar-refractivity contribution in [1.82, 2.24) is 14.9 Å². The Morgan fingerprint density at radius 3 is 3.08 bits per heavy atom. The number of nitrogens with zero attached hydrogens (tertiary/aromatic N) is 5. The third-order valence-corrected chi connectivity index (χ3v) is 5.01. The van der Waals surface area contributed by atoms with Gasteiger partial charge in [0.25, 0.3) is 5.91 Å². The van der Waals surface area contributed by atoms with Crippen molar-refractivity contribution in [2.24, 2.45) is 0 Å². The van der Waals surface area contributed by atoms with Crippen molar-refractivity contribution in [3.63, 3.8) is 0 Å². The molecule has 26 heavy (non-hydrogen) atoms. The molecule has 138 valence electrons. The van der Waals surface area contributed by atoms with Gasteiger partial charge in [0, 0.05) is 46.5 Å². The summed E-state index contributed by atoms with van der Waals surface area (Å²) in [6.45, 7) is 3.72. The maximum atomic E-state index is 12.9. The van der Waals surface area contributed by atoms with E-state index in [-0.39, 0.29) is 12.0 Å². The van der Waals surface area contributed by atoms with Gasteiger partial charge in [0.2, 0.25) is 5.89 Å². The number of likely N-dealkylation sites (N-methyl/N-ethyl adjacent to an activating group) is 1. The highest BCUT2D eigenvalue weighted by Crippen LogP contribution is 2.30. The fourth-order valence-electron chi connectivity index (χ4n) is 3.52. The lowest BCUT2D eigenvalue weighted by molar-refractivity contribution is 0.0981. The van der Waals surface area contributed by atoms with Crippen molar-refractivity contribution in [3.8, 4) is 0 Å². The Bertz CT molecular complexity index is 793. The average molecular weight is 357 g/mol. The molecule has 1 atom stereocenters. The van der Waals surface area contributed by atoms with Gasteiger partial charge in [-0.25, -0.2) is 9.97 Å². The molecule has 1 fully saturated rings. The molecular weight excluding hydrogens is 334 g/mol. The molecule has 0 spiro atoms. The molecule has 2 aromatic rings. The van der Waals surface area contributed by atoms with Crippen LogP contribution in [0.1, 0.15) is 22.8 Å². The van der Waals surface area contributed by atoms with Crippen molar-refractivity contribution in [1.29, 1.82) is 0 Å². The number of methoxy groups -OCH3 is 1. The molecule has 8 nitrogen and oxygen atoms in total. The third-order valence-electron chi connectivity index (χ3n) is 5.01. The van der Waals surface area contributed by atoms with Crippen LogP contribution in [0.25, 0.3) is 0 Å². The highest BCUT2D eigenvalue weighted by molar-refractivity contribution is 6.06. The maximum absolute atomic E-state index is 12.9. The van der Waals surface area contributed by atoms with Gasteiger partial charge in [0.1, 0.15) is 6.26 Å². The van der Waals surface area contributed by atoms with E-state index in [0.29, 0.717) is 24.7 Å². The second-order valence-electron chi connectivity index (χ2n) is 6.73. The molecule has 1 saturated heterocycles. The van der Waals surface area contributed by atoms with Crippen molar-refractivity contribution in [2.75, 3.05) is 50.1 Å². The first kappa shape index (κ1) is 17.0. The van der Waals surface area contributed by atoms with Crippen LogP contribution in [0.4, 0.5) is 11.5 Å². The Morgan fingerprint density at radius 2 is 2.27 bits per heavy atom. The zero-order chi connectivity index (χ0) is 18.1. The van der Waals surface area contributed by atoms with Crippen LogP contribution >= 0.6 is 0 Å². The number of likely N-dealkylation sites (tertiary alicyclic amines) is 1. The number of oxazole rings is 1. The summed E-state index contributed by atoms with van der Waals surface area (Å²) >= 11 is 0. The number of pyridine rings is 1. The summed E-state index contributed by atoms with van der Waals surface area (Å²) in [5.41, 5.74) is 1.14. The topological polar surface area (TPSA) is 74.9 Å². The molecule has 4 rings (SSSR count). The number of fused-ring (bicyclic) bond motifs is 1. The molecule has 0 aromatic carbocycles. The predicted octanol–water partition coefficient (Wildman–Crippen LogP) is 1.39. The number of carbonyl (C=O) groups is 1. The largest absolute Gasteiger partial charge is 0.447 e. The van der Waals surface area contributed by atoms with Crippen LogP contribution in [0.15, 0.2) is 29.0 Å². The van der Waals surface area contributed by atoms with Gasteiger partial charge >= 0.3 is 0 Å². The number of rotatable bonds is 4. The smallest absolute Gasteiger partial charge is 0.280 e. The fraction of sp³-hybridized carbons (Fsp3) is 0.500. The van der Waals surface area contributed by atoms with E-state index in [2.05, 4.69) is 14.9 Å². The highest BCUT2D eigenvalue weighted by atomic mass is 16.5. The molecule has 0 saturated carbocycles. The zero-order valence-electron chi connectivity index (χ0n) is 15.1. The number of amides is 1.